The fourth-order valence-corrected chi connectivity index (χ4v) is 2.98. The van der Waals surface area contributed by atoms with Gasteiger partial charge >= 0.3 is 0 Å². The molecule has 0 saturated carbocycles. The van der Waals surface area contributed by atoms with Crippen LogP contribution >= 0.6 is 0 Å². The van der Waals surface area contributed by atoms with Crippen molar-refractivity contribution in [2.75, 3.05) is 26.3 Å². The quantitative estimate of drug-likeness (QED) is 0.709. The standard InChI is InChI=1S/C18H21N5O2/c1-14-19-5-6-23(14)13-17-20-18(21-25-17)16-4-2-3-15(11-16)12-22-7-9-24-10-8-22/h2-6,11H,7-10,12-13H2,1H3. The first-order chi connectivity index (χ1) is 12.3. The first kappa shape index (κ1) is 16.0. The smallest absolute Gasteiger partial charge is 0.246 e. The van der Waals surface area contributed by atoms with E-state index in [1.54, 1.807) is 6.20 Å². The van der Waals surface area contributed by atoms with Crippen LogP contribution in [0, 0.1) is 6.92 Å². The lowest BCUT2D eigenvalue weighted by Gasteiger charge is -2.26. The van der Waals surface area contributed by atoms with Crippen molar-refractivity contribution in [3.05, 3.63) is 53.9 Å². The molecule has 4 rings (SSSR count). The molecule has 0 aliphatic carbocycles. The van der Waals surface area contributed by atoms with E-state index in [9.17, 15) is 0 Å². The lowest BCUT2D eigenvalue weighted by atomic mass is 10.1. The van der Waals surface area contributed by atoms with Gasteiger partial charge in [-0.1, -0.05) is 23.4 Å². The van der Waals surface area contributed by atoms with Crippen molar-refractivity contribution >= 4 is 0 Å². The number of hydrogen-bond donors (Lipinski definition) is 0. The van der Waals surface area contributed by atoms with Crippen molar-refractivity contribution in [3.8, 4) is 11.4 Å². The molecule has 0 bridgehead atoms. The Balaban J connectivity index is 1.48. The fourth-order valence-electron chi connectivity index (χ4n) is 2.98. The molecule has 3 aromatic rings. The number of aromatic nitrogens is 4. The van der Waals surface area contributed by atoms with Crippen LogP contribution in [-0.4, -0.2) is 50.9 Å². The highest BCUT2D eigenvalue weighted by Gasteiger charge is 2.13. The molecule has 3 heterocycles. The van der Waals surface area contributed by atoms with Crippen LogP contribution in [-0.2, 0) is 17.8 Å². The van der Waals surface area contributed by atoms with E-state index in [1.807, 2.05) is 29.8 Å². The average Bonchev–Trinajstić information content (AvgIpc) is 3.26. The van der Waals surface area contributed by atoms with Gasteiger partial charge in [-0.2, -0.15) is 4.98 Å². The first-order valence-electron chi connectivity index (χ1n) is 8.48. The Hall–Kier alpha value is -2.51. The predicted octanol–water partition coefficient (Wildman–Crippen LogP) is 2.12. The first-order valence-corrected chi connectivity index (χ1v) is 8.48. The van der Waals surface area contributed by atoms with Gasteiger partial charge in [0, 0.05) is 37.6 Å². The molecular formula is C18H21N5O2. The molecule has 130 valence electrons. The fraction of sp³-hybridized carbons (Fsp3) is 0.389. The van der Waals surface area contributed by atoms with Crippen molar-refractivity contribution in [3.63, 3.8) is 0 Å². The van der Waals surface area contributed by atoms with E-state index in [4.69, 9.17) is 9.26 Å². The van der Waals surface area contributed by atoms with Crippen LogP contribution in [0.15, 0.2) is 41.2 Å². The van der Waals surface area contributed by atoms with Gasteiger partial charge < -0.3 is 13.8 Å². The Kier molecular flexibility index (Phi) is 4.58. The Bertz CT molecular complexity index is 835. The molecule has 1 aromatic carbocycles. The van der Waals surface area contributed by atoms with Gasteiger partial charge in [0.2, 0.25) is 11.7 Å². The van der Waals surface area contributed by atoms with Gasteiger partial charge in [-0.3, -0.25) is 4.90 Å². The van der Waals surface area contributed by atoms with Crippen LogP contribution in [0.1, 0.15) is 17.3 Å². The summed E-state index contributed by atoms with van der Waals surface area (Å²) in [7, 11) is 0. The van der Waals surface area contributed by atoms with E-state index in [0.29, 0.717) is 18.3 Å². The Labute approximate surface area is 146 Å². The summed E-state index contributed by atoms with van der Waals surface area (Å²) in [4.78, 5) is 11.1. The van der Waals surface area contributed by atoms with Gasteiger partial charge in [0.15, 0.2) is 0 Å². The molecule has 1 aliphatic heterocycles. The molecule has 1 saturated heterocycles. The van der Waals surface area contributed by atoms with Crippen LogP contribution in [0.4, 0.5) is 0 Å². The zero-order valence-electron chi connectivity index (χ0n) is 14.3. The summed E-state index contributed by atoms with van der Waals surface area (Å²) in [5.74, 6) is 2.12. The molecule has 0 radical (unpaired) electrons. The molecule has 1 fully saturated rings. The van der Waals surface area contributed by atoms with Crippen molar-refractivity contribution in [2.24, 2.45) is 0 Å². The highest BCUT2D eigenvalue weighted by atomic mass is 16.5. The highest BCUT2D eigenvalue weighted by molar-refractivity contribution is 5.55. The minimum Gasteiger partial charge on any atom is -0.379 e. The van der Waals surface area contributed by atoms with Crippen LogP contribution in [0.5, 0.6) is 0 Å². The van der Waals surface area contributed by atoms with Crippen LogP contribution in [0.3, 0.4) is 0 Å². The third kappa shape index (κ3) is 3.78. The largest absolute Gasteiger partial charge is 0.379 e. The lowest BCUT2D eigenvalue weighted by Crippen LogP contribution is -2.35. The van der Waals surface area contributed by atoms with E-state index >= 15 is 0 Å². The van der Waals surface area contributed by atoms with Gasteiger partial charge in [0.25, 0.3) is 0 Å². The second kappa shape index (κ2) is 7.16. The molecule has 1 aliphatic rings. The van der Waals surface area contributed by atoms with Gasteiger partial charge in [0.05, 0.1) is 13.2 Å². The zero-order chi connectivity index (χ0) is 17.1. The SMILES string of the molecule is Cc1nccn1Cc1nc(-c2cccc(CN3CCOCC3)c2)no1. The number of nitrogens with zero attached hydrogens (tertiary/aromatic N) is 5. The zero-order valence-corrected chi connectivity index (χ0v) is 14.3. The average molecular weight is 339 g/mol. The lowest BCUT2D eigenvalue weighted by molar-refractivity contribution is 0.0342. The molecule has 25 heavy (non-hydrogen) atoms. The van der Waals surface area contributed by atoms with Crippen molar-refractivity contribution in [1.82, 2.24) is 24.6 Å². The number of morpholine rings is 1. The summed E-state index contributed by atoms with van der Waals surface area (Å²) in [5.41, 5.74) is 2.22. The maximum Gasteiger partial charge on any atom is 0.246 e. The number of benzene rings is 1. The molecule has 0 unspecified atom stereocenters. The van der Waals surface area contributed by atoms with E-state index < -0.39 is 0 Å². The third-order valence-corrected chi connectivity index (χ3v) is 4.39. The molecule has 0 atom stereocenters. The van der Waals surface area contributed by atoms with Crippen LogP contribution < -0.4 is 0 Å². The van der Waals surface area contributed by atoms with E-state index in [1.165, 1.54) is 5.56 Å². The molecule has 0 N–H and O–H groups in total. The summed E-state index contributed by atoms with van der Waals surface area (Å²) in [6.07, 6.45) is 3.67. The van der Waals surface area contributed by atoms with E-state index in [0.717, 1.165) is 44.2 Å². The summed E-state index contributed by atoms with van der Waals surface area (Å²) in [6.45, 7) is 6.96. The van der Waals surface area contributed by atoms with Gasteiger partial charge in [-0.15, -0.1) is 0 Å². The summed E-state index contributed by atoms with van der Waals surface area (Å²) in [5, 5.41) is 4.13. The van der Waals surface area contributed by atoms with E-state index in [2.05, 4.69) is 32.2 Å². The number of hydrogen-bond acceptors (Lipinski definition) is 6. The predicted molar refractivity (Wildman–Crippen MR) is 91.9 cm³/mol. The van der Waals surface area contributed by atoms with Gasteiger partial charge in [-0.05, 0) is 18.6 Å². The Morgan fingerprint density at radius 1 is 1.16 bits per heavy atom. The maximum atomic E-state index is 5.40. The number of imidazole rings is 1. The van der Waals surface area contributed by atoms with Crippen LogP contribution in [0.2, 0.25) is 0 Å². The minimum atomic E-state index is 0.534. The summed E-state index contributed by atoms with van der Waals surface area (Å²) < 4.78 is 12.8. The van der Waals surface area contributed by atoms with Crippen molar-refractivity contribution < 1.29 is 9.26 Å². The molecule has 2 aromatic heterocycles. The third-order valence-electron chi connectivity index (χ3n) is 4.39. The van der Waals surface area contributed by atoms with Gasteiger partial charge in [-0.25, -0.2) is 4.98 Å². The second-order valence-corrected chi connectivity index (χ2v) is 6.20. The highest BCUT2D eigenvalue weighted by Crippen LogP contribution is 2.19. The summed E-state index contributed by atoms with van der Waals surface area (Å²) in [6, 6.07) is 8.32. The number of rotatable bonds is 5. The number of ether oxygens (including phenoxy) is 1. The minimum absolute atomic E-state index is 0.534. The monoisotopic (exact) mass is 339 g/mol. The van der Waals surface area contributed by atoms with Gasteiger partial charge in [0.1, 0.15) is 12.4 Å². The van der Waals surface area contributed by atoms with Crippen molar-refractivity contribution in [1.29, 1.82) is 0 Å². The maximum absolute atomic E-state index is 5.40. The molecule has 7 nitrogen and oxygen atoms in total. The Morgan fingerprint density at radius 3 is 2.84 bits per heavy atom. The molecule has 7 heteroatoms. The van der Waals surface area contributed by atoms with E-state index in [-0.39, 0.29) is 0 Å². The second-order valence-electron chi connectivity index (χ2n) is 6.20. The molecular weight excluding hydrogens is 318 g/mol. The summed E-state index contributed by atoms with van der Waals surface area (Å²) >= 11 is 0. The normalized spacial score (nSPS) is 15.6. The Morgan fingerprint density at radius 2 is 2.04 bits per heavy atom. The molecule has 0 amide bonds. The topological polar surface area (TPSA) is 69.2 Å². The number of aryl methyl sites for hydroxylation is 1. The molecule has 0 spiro atoms. The van der Waals surface area contributed by atoms with Crippen molar-refractivity contribution in [2.45, 2.75) is 20.0 Å². The van der Waals surface area contributed by atoms with Crippen LogP contribution in [0.25, 0.3) is 11.4 Å².